The highest BCUT2D eigenvalue weighted by Gasteiger charge is 2.12. The highest BCUT2D eigenvalue weighted by atomic mass is 32.1. The van der Waals surface area contributed by atoms with Gasteiger partial charge < -0.3 is 5.32 Å². The Bertz CT molecular complexity index is 350. The molecule has 0 unspecified atom stereocenters. The van der Waals surface area contributed by atoms with Crippen LogP contribution in [0.25, 0.3) is 0 Å². The maximum Gasteiger partial charge on any atom is 0.133 e. The number of hydrogen-bond acceptors (Lipinski definition) is 1. The second kappa shape index (κ2) is 3.79. The number of hydrogen-bond donors (Lipinski definition) is 1. The van der Waals surface area contributed by atoms with Crippen molar-refractivity contribution in [3.05, 3.63) is 34.9 Å². The zero-order valence-corrected chi connectivity index (χ0v) is 8.14. The second-order valence-corrected chi connectivity index (χ2v) is 3.02. The van der Waals surface area contributed by atoms with Crippen molar-refractivity contribution in [2.75, 3.05) is 7.05 Å². The van der Waals surface area contributed by atoms with Crippen LogP contribution in [0.5, 0.6) is 0 Å². The molecule has 4 heteroatoms. The Labute approximate surface area is 80.8 Å². The number of thiocarbonyl (C=S) groups is 1. The maximum atomic E-state index is 13.2. The van der Waals surface area contributed by atoms with E-state index in [1.165, 1.54) is 6.92 Å². The Morgan fingerprint density at radius 1 is 1.31 bits per heavy atom. The summed E-state index contributed by atoms with van der Waals surface area (Å²) >= 11 is 4.84. The average Bonchev–Trinajstić information content (AvgIpc) is 2.12. The van der Waals surface area contributed by atoms with E-state index in [1.807, 2.05) is 0 Å². The molecule has 1 aromatic carbocycles. The van der Waals surface area contributed by atoms with Gasteiger partial charge in [0.2, 0.25) is 0 Å². The minimum atomic E-state index is -0.502. The molecule has 1 nitrogen and oxygen atoms in total. The van der Waals surface area contributed by atoms with Crippen molar-refractivity contribution in [3.63, 3.8) is 0 Å². The lowest BCUT2D eigenvalue weighted by Crippen LogP contribution is -2.19. The van der Waals surface area contributed by atoms with E-state index in [2.05, 4.69) is 5.32 Å². The number of rotatable bonds is 1. The zero-order chi connectivity index (χ0) is 10.0. The third kappa shape index (κ3) is 1.83. The molecular formula is C9H9F2NS. The quantitative estimate of drug-likeness (QED) is 0.699. The van der Waals surface area contributed by atoms with Gasteiger partial charge in [-0.2, -0.15) is 0 Å². The molecule has 1 aromatic rings. The topological polar surface area (TPSA) is 12.0 Å². The first-order chi connectivity index (χ1) is 6.07. The van der Waals surface area contributed by atoms with Crippen LogP contribution in [-0.2, 0) is 0 Å². The summed E-state index contributed by atoms with van der Waals surface area (Å²) in [6, 6.07) is 2.16. The van der Waals surface area contributed by atoms with E-state index in [4.69, 9.17) is 12.2 Å². The minimum absolute atomic E-state index is 0.137. The van der Waals surface area contributed by atoms with Gasteiger partial charge in [0, 0.05) is 7.05 Å². The fourth-order valence-corrected chi connectivity index (χ4v) is 1.31. The van der Waals surface area contributed by atoms with Crippen LogP contribution in [0.15, 0.2) is 12.1 Å². The Balaban J connectivity index is 3.33. The summed E-state index contributed by atoms with van der Waals surface area (Å²) in [5.74, 6) is -0.952. The van der Waals surface area contributed by atoms with Crippen LogP contribution in [0, 0.1) is 18.6 Å². The van der Waals surface area contributed by atoms with Gasteiger partial charge in [-0.1, -0.05) is 12.2 Å². The lowest BCUT2D eigenvalue weighted by molar-refractivity contribution is 0.590. The number of nitrogens with one attached hydrogen (secondary N) is 1. The third-order valence-corrected chi connectivity index (χ3v) is 2.21. The van der Waals surface area contributed by atoms with Gasteiger partial charge in [-0.15, -0.1) is 0 Å². The van der Waals surface area contributed by atoms with Crippen LogP contribution in [-0.4, -0.2) is 12.0 Å². The summed E-state index contributed by atoms with van der Waals surface area (Å²) in [4.78, 5) is 0.217. The first kappa shape index (κ1) is 10.1. The molecule has 1 rings (SSSR count). The molecule has 0 amide bonds. The van der Waals surface area contributed by atoms with Gasteiger partial charge in [0.25, 0.3) is 0 Å². The van der Waals surface area contributed by atoms with E-state index >= 15 is 0 Å². The summed E-state index contributed by atoms with van der Waals surface area (Å²) in [6.07, 6.45) is 0. The van der Waals surface area contributed by atoms with Crippen LogP contribution in [0.4, 0.5) is 8.78 Å². The van der Waals surface area contributed by atoms with Gasteiger partial charge in [-0.3, -0.25) is 0 Å². The molecule has 0 heterocycles. The predicted octanol–water partition coefficient (Wildman–Crippen LogP) is 2.17. The SMILES string of the molecule is CNC(=S)c1c(F)ccc(F)c1C. The van der Waals surface area contributed by atoms with Gasteiger partial charge in [0.15, 0.2) is 0 Å². The third-order valence-electron chi connectivity index (χ3n) is 1.80. The van der Waals surface area contributed by atoms with Crippen molar-refractivity contribution in [1.29, 1.82) is 0 Å². The van der Waals surface area contributed by atoms with Crippen molar-refractivity contribution in [2.24, 2.45) is 0 Å². The second-order valence-electron chi connectivity index (χ2n) is 2.61. The molecule has 0 aliphatic carbocycles. The van der Waals surface area contributed by atoms with E-state index in [9.17, 15) is 8.78 Å². The molecule has 0 aliphatic rings. The van der Waals surface area contributed by atoms with Gasteiger partial charge in [0.1, 0.15) is 16.6 Å². The van der Waals surface area contributed by atoms with Crippen molar-refractivity contribution in [3.8, 4) is 0 Å². The van der Waals surface area contributed by atoms with Crippen LogP contribution < -0.4 is 5.32 Å². The molecule has 0 bridgehead atoms. The number of halogens is 2. The summed E-state index contributed by atoms with van der Waals surface area (Å²) in [5.41, 5.74) is 0.372. The molecule has 70 valence electrons. The summed E-state index contributed by atoms with van der Waals surface area (Å²) in [5, 5.41) is 2.61. The van der Waals surface area contributed by atoms with E-state index in [-0.39, 0.29) is 16.1 Å². The van der Waals surface area contributed by atoms with Gasteiger partial charge >= 0.3 is 0 Å². The first-order valence-corrected chi connectivity index (χ1v) is 4.15. The average molecular weight is 201 g/mol. The van der Waals surface area contributed by atoms with E-state index in [0.717, 1.165) is 12.1 Å². The first-order valence-electron chi connectivity index (χ1n) is 3.74. The molecule has 0 aromatic heterocycles. The fourth-order valence-electron chi connectivity index (χ4n) is 1.06. The summed E-state index contributed by atoms with van der Waals surface area (Å²) in [6.45, 7) is 1.50. The van der Waals surface area contributed by atoms with Crippen LogP contribution >= 0.6 is 12.2 Å². The Kier molecular flexibility index (Phi) is 2.93. The highest BCUT2D eigenvalue weighted by Crippen LogP contribution is 2.16. The smallest absolute Gasteiger partial charge is 0.133 e. The monoisotopic (exact) mass is 201 g/mol. The molecular weight excluding hydrogens is 192 g/mol. The molecule has 0 radical (unpaired) electrons. The Morgan fingerprint density at radius 3 is 2.38 bits per heavy atom. The van der Waals surface area contributed by atoms with Crippen molar-refractivity contribution in [2.45, 2.75) is 6.92 Å². The molecule has 0 fully saturated rings. The molecule has 1 N–H and O–H groups in total. The fraction of sp³-hybridized carbons (Fsp3) is 0.222. The van der Waals surface area contributed by atoms with Crippen LogP contribution in [0.2, 0.25) is 0 Å². The summed E-state index contributed by atoms with van der Waals surface area (Å²) < 4.78 is 26.2. The molecule has 0 saturated carbocycles. The van der Waals surface area contributed by atoms with Gasteiger partial charge in [-0.05, 0) is 24.6 Å². The standard InChI is InChI=1S/C9H9F2NS/c1-5-6(10)3-4-7(11)8(5)9(13)12-2/h3-4H,1-2H3,(H,12,13). The van der Waals surface area contributed by atoms with E-state index < -0.39 is 11.6 Å². The Morgan fingerprint density at radius 2 is 1.85 bits per heavy atom. The summed E-state index contributed by atoms with van der Waals surface area (Å²) in [7, 11) is 1.58. The van der Waals surface area contributed by atoms with Gasteiger partial charge in [-0.25, -0.2) is 8.78 Å². The predicted molar refractivity (Wildman–Crippen MR) is 51.9 cm³/mol. The van der Waals surface area contributed by atoms with Crippen molar-refractivity contribution < 1.29 is 8.78 Å². The largest absolute Gasteiger partial charge is 0.379 e. The molecule has 13 heavy (non-hydrogen) atoms. The minimum Gasteiger partial charge on any atom is -0.379 e. The van der Waals surface area contributed by atoms with Crippen LogP contribution in [0.1, 0.15) is 11.1 Å². The van der Waals surface area contributed by atoms with Crippen LogP contribution in [0.3, 0.4) is 0 Å². The molecule has 0 atom stereocenters. The van der Waals surface area contributed by atoms with E-state index in [0.29, 0.717) is 0 Å². The van der Waals surface area contributed by atoms with Gasteiger partial charge in [0.05, 0.1) is 5.56 Å². The normalized spacial score (nSPS) is 9.85. The molecule has 0 spiro atoms. The maximum absolute atomic E-state index is 13.2. The van der Waals surface area contributed by atoms with Crippen molar-refractivity contribution >= 4 is 17.2 Å². The zero-order valence-electron chi connectivity index (χ0n) is 7.32. The molecule has 0 saturated heterocycles. The van der Waals surface area contributed by atoms with E-state index in [1.54, 1.807) is 7.05 Å². The number of benzene rings is 1. The lowest BCUT2D eigenvalue weighted by atomic mass is 10.1. The van der Waals surface area contributed by atoms with Crippen molar-refractivity contribution in [1.82, 2.24) is 5.32 Å². The highest BCUT2D eigenvalue weighted by molar-refractivity contribution is 7.80. The molecule has 0 aliphatic heterocycles. The Hall–Kier alpha value is -1.03. The lowest BCUT2D eigenvalue weighted by Gasteiger charge is -2.08.